The van der Waals surface area contributed by atoms with E-state index in [-0.39, 0.29) is 16.8 Å². The van der Waals surface area contributed by atoms with Crippen molar-refractivity contribution >= 4 is 40.3 Å². The lowest BCUT2D eigenvalue weighted by Crippen LogP contribution is -1.96. The molecule has 0 unspecified atom stereocenters. The van der Waals surface area contributed by atoms with E-state index < -0.39 is 0 Å². The van der Waals surface area contributed by atoms with Crippen LogP contribution in [0.1, 0.15) is 15.4 Å². The van der Waals surface area contributed by atoms with Gasteiger partial charge in [0.2, 0.25) is 5.78 Å². The first kappa shape index (κ1) is 9.77. The highest BCUT2D eigenvalue weighted by atomic mass is 35.5. The minimum Gasteiger partial charge on any atom is -0.441 e. The summed E-state index contributed by atoms with van der Waals surface area (Å²) in [5.74, 6) is -0.0312. The molecule has 72 valence electrons. The average Bonchev–Trinajstić information content (AvgIpc) is 2.73. The van der Waals surface area contributed by atoms with Gasteiger partial charge in [-0.25, -0.2) is 0 Å². The molecule has 0 saturated heterocycles. The number of carbonyl (C=O) groups excluding carboxylic acids is 1. The first-order valence-electron chi connectivity index (χ1n) is 3.71. The number of halogens is 2. The Morgan fingerprint density at radius 3 is 2.57 bits per heavy atom. The van der Waals surface area contributed by atoms with Crippen LogP contribution < -0.4 is 0 Å². The lowest BCUT2D eigenvalue weighted by molar-refractivity contribution is 0.101. The zero-order valence-electron chi connectivity index (χ0n) is 6.79. The summed E-state index contributed by atoms with van der Waals surface area (Å²) in [5, 5.41) is 2.38. The summed E-state index contributed by atoms with van der Waals surface area (Å²) in [4.78, 5) is 12.2. The monoisotopic (exact) mass is 246 g/mol. The van der Waals surface area contributed by atoms with Gasteiger partial charge in [-0.2, -0.15) is 0 Å². The Kier molecular flexibility index (Phi) is 2.63. The topological polar surface area (TPSA) is 30.2 Å². The Labute approximate surface area is 94.1 Å². The predicted molar refractivity (Wildman–Crippen MR) is 56.5 cm³/mol. The third kappa shape index (κ3) is 1.71. The summed E-state index contributed by atoms with van der Waals surface area (Å²) in [6, 6.07) is 4.72. The molecule has 14 heavy (non-hydrogen) atoms. The Morgan fingerprint density at radius 1 is 1.29 bits per heavy atom. The summed E-state index contributed by atoms with van der Waals surface area (Å²) in [6.07, 6.45) is 0. The first-order chi connectivity index (χ1) is 6.68. The highest BCUT2D eigenvalue weighted by Crippen LogP contribution is 2.26. The smallest absolute Gasteiger partial charge is 0.239 e. The Morgan fingerprint density at radius 2 is 2.07 bits per heavy atom. The standard InChI is InChI=1S/C9H4Cl2O2S/c10-5-3-4-14-9(5)8(12)6-1-2-7(11)13-6/h1-4H. The van der Waals surface area contributed by atoms with Crippen molar-refractivity contribution < 1.29 is 9.21 Å². The molecule has 0 saturated carbocycles. The van der Waals surface area contributed by atoms with Gasteiger partial charge in [-0.15, -0.1) is 11.3 Å². The van der Waals surface area contributed by atoms with E-state index in [1.807, 2.05) is 0 Å². The van der Waals surface area contributed by atoms with Gasteiger partial charge in [-0.3, -0.25) is 4.79 Å². The number of furan rings is 1. The number of carbonyl (C=O) groups is 1. The maximum atomic E-state index is 11.7. The molecular formula is C9H4Cl2O2S. The molecule has 2 nitrogen and oxygen atoms in total. The molecule has 0 N–H and O–H groups in total. The predicted octanol–water partition coefficient (Wildman–Crippen LogP) is 3.88. The number of hydrogen-bond donors (Lipinski definition) is 0. The molecule has 0 radical (unpaired) electrons. The van der Waals surface area contributed by atoms with Crippen LogP contribution in [0.5, 0.6) is 0 Å². The van der Waals surface area contributed by atoms with Gasteiger partial charge in [0, 0.05) is 0 Å². The van der Waals surface area contributed by atoms with Crippen molar-refractivity contribution in [1.29, 1.82) is 0 Å². The Bertz CT molecular complexity index is 473. The summed E-state index contributed by atoms with van der Waals surface area (Å²) < 4.78 is 4.99. The Balaban J connectivity index is 2.38. The molecule has 0 aliphatic heterocycles. The first-order valence-corrected chi connectivity index (χ1v) is 5.35. The fourth-order valence-corrected chi connectivity index (χ4v) is 2.24. The van der Waals surface area contributed by atoms with E-state index in [1.54, 1.807) is 11.4 Å². The molecule has 0 spiro atoms. The van der Waals surface area contributed by atoms with E-state index in [9.17, 15) is 4.79 Å². The minimum atomic E-state index is -0.239. The van der Waals surface area contributed by atoms with Crippen LogP contribution in [0.4, 0.5) is 0 Å². The highest BCUT2D eigenvalue weighted by Gasteiger charge is 2.17. The molecule has 0 aliphatic carbocycles. The van der Waals surface area contributed by atoms with Crippen LogP contribution in [-0.4, -0.2) is 5.78 Å². The minimum absolute atomic E-state index is 0.195. The quantitative estimate of drug-likeness (QED) is 0.754. The second kappa shape index (κ2) is 3.77. The summed E-state index contributed by atoms with van der Waals surface area (Å²) in [7, 11) is 0. The van der Waals surface area contributed by atoms with Crippen molar-refractivity contribution in [2.75, 3.05) is 0 Å². The number of ketones is 1. The third-order valence-corrected chi connectivity index (χ3v) is 3.16. The normalized spacial score (nSPS) is 10.4. The van der Waals surface area contributed by atoms with Gasteiger partial charge < -0.3 is 4.42 Å². The zero-order valence-corrected chi connectivity index (χ0v) is 9.12. The largest absolute Gasteiger partial charge is 0.441 e. The van der Waals surface area contributed by atoms with E-state index in [0.29, 0.717) is 9.90 Å². The third-order valence-electron chi connectivity index (χ3n) is 1.62. The molecule has 2 aromatic heterocycles. The van der Waals surface area contributed by atoms with Crippen LogP contribution in [0.3, 0.4) is 0 Å². The molecule has 0 atom stereocenters. The van der Waals surface area contributed by atoms with E-state index in [4.69, 9.17) is 27.6 Å². The molecule has 0 bridgehead atoms. The maximum Gasteiger partial charge on any atom is 0.239 e. The average molecular weight is 247 g/mol. The molecule has 2 heterocycles. The number of thiophene rings is 1. The van der Waals surface area contributed by atoms with Crippen LogP contribution in [0.2, 0.25) is 10.2 Å². The molecule has 0 fully saturated rings. The van der Waals surface area contributed by atoms with Gasteiger partial charge in [0.25, 0.3) is 0 Å². The van der Waals surface area contributed by atoms with Gasteiger partial charge in [-0.05, 0) is 35.2 Å². The second-order valence-electron chi connectivity index (χ2n) is 2.53. The van der Waals surface area contributed by atoms with Crippen molar-refractivity contribution in [2.45, 2.75) is 0 Å². The van der Waals surface area contributed by atoms with E-state index in [0.717, 1.165) is 0 Å². The van der Waals surface area contributed by atoms with E-state index >= 15 is 0 Å². The van der Waals surface area contributed by atoms with Crippen LogP contribution >= 0.6 is 34.5 Å². The number of hydrogen-bond acceptors (Lipinski definition) is 3. The number of rotatable bonds is 2. The molecule has 2 aromatic rings. The van der Waals surface area contributed by atoms with Gasteiger partial charge in [0.05, 0.1) is 9.90 Å². The molecule has 0 aliphatic rings. The van der Waals surface area contributed by atoms with Crippen LogP contribution in [0.15, 0.2) is 28.0 Å². The van der Waals surface area contributed by atoms with Gasteiger partial charge in [0.1, 0.15) is 0 Å². The van der Waals surface area contributed by atoms with Gasteiger partial charge in [-0.1, -0.05) is 11.6 Å². The maximum absolute atomic E-state index is 11.7. The van der Waals surface area contributed by atoms with Crippen molar-refractivity contribution in [2.24, 2.45) is 0 Å². The van der Waals surface area contributed by atoms with Gasteiger partial charge >= 0.3 is 0 Å². The van der Waals surface area contributed by atoms with Crippen LogP contribution in [-0.2, 0) is 0 Å². The van der Waals surface area contributed by atoms with E-state index in [2.05, 4.69) is 0 Å². The molecule has 0 aromatic carbocycles. The second-order valence-corrected chi connectivity index (χ2v) is 4.23. The molecule has 2 rings (SSSR count). The fraction of sp³-hybridized carbons (Fsp3) is 0. The summed E-state index contributed by atoms with van der Waals surface area (Å²) in [6.45, 7) is 0. The van der Waals surface area contributed by atoms with Crippen molar-refractivity contribution in [1.82, 2.24) is 0 Å². The van der Waals surface area contributed by atoms with Gasteiger partial charge in [0.15, 0.2) is 11.0 Å². The lowest BCUT2D eigenvalue weighted by Gasteiger charge is -1.92. The fourth-order valence-electron chi connectivity index (χ4n) is 1.00. The molecule has 5 heteroatoms. The highest BCUT2D eigenvalue weighted by molar-refractivity contribution is 7.13. The van der Waals surface area contributed by atoms with Crippen LogP contribution in [0, 0.1) is 0 Å². The molecular weight excluding hydrogens is 243 g/mol. The van der Waals surface area contributed by atoms with Crippen molar-refractivity contribution in [3.63, 3.8) is 0 Å². The van der Waals surface area contributed by atoms with Crippen LogP contribution in [0.25, 0.3) is 0 Å². The van der Waals surface area contributed by atoms with Crippen molar-refractivity contribution in [3.05, 3.63) is 44.5 Å². The summed E-state index contributed by atoms with van der Waals surface area (Å²) in [5.41, 5.74) is 0. The van der Waals surface area contributed by atoms with Crippen molar-refractivity contribution in [3.8, 4) is 0 Å². The SMILES string of the molecule is O=C(c1ccc(Cl)o1)c1sccc1Cl. The Hall–Kier alpha value is -0.770. The zero-order chi connectivity index (χ0) is 10.1. The molecule has 0 amide bonds. The van der Waals surface area contributed by atoms with E-state index in [1.165, 1.54) is 23.5 Å². The summed E-state index contributed by atoms with van der Waals surface area (Å²) >= 11 is 12.6. The lowest BCUT2D eigenvalue weighted by atomic mass is 10.2.